The average molecular weight is 326 g/mol. The first-order chi connectivity index (χ1) is 9.95. The van der Waals surface area contributed by atoms with E-state index in [1.54, 1.807) is 18.2 Å². The number of hydrogen-bond acceptors (Lipinski definition) is 3. The number of anilines is 1. The Bertz CT molecular complexity index is 725. The Morgan fingerprint density at radius 2 is 2.05 bits per heavy atom. The van der Waals surface area contributed by atoms with Crippen LogP contribution in [0.15, 0.2) is 30.3 Å². The number of amides is 1. The van der Waals surface area contributed by atoms with Crippen LogP contribution in [-0.2, 0) is 4.79 Å². The molecular weight excluding hydrogens is 317 g/mol. The Morgan fingerprint density at radius 1 is 1.29 bits per heavy atom. The molecule has 2 rings (SSSR count). The first-order valence-electron chi connectivity index (χ1n) is 5.68. The zero-order valence-electron chi connectivity index (χ0n) is 10.4. The summed E-state index contributed by atoms with van der Waals surface area (Å²) in [6.07, 6.45) is 2.77. The number of carbonyl (C=O) groups excluding carboxylic acids is 1. The monoisotopic (exact) mass is 325 g/mol. The molecule has 0 aliphatic carbocycles. The van der Waals surface area contributed by atoms with Gasteiger partial charge >= 0.3 is 5.97 Å². The van der Waals surface area contributed by atoms with E-state index in [0.717, 1.165) is 0 Å². The van der Waals surface area contributed by atoms with Crippen molar-refractivity contribution in [3.8, 4) is 0 Å². The van der Waals surface area contributed by atoms with Crippen molar-refractivity contribution in [2.75, 3.05) is 5.32 Å². The molecular formula is C13H9Cl2N3O3. The number of carbonyl (C=O) groups is 2. The number of H-pyrrole nitrogens is 1. The predicted octanol–water partition coefficient (Wildman–Crippen LogP) is 3.07. The molecule has 0 aliphatic rings. The fourth-order valence-corrected chi connectivity index (χ4v) is 1.94. The fraction of sp³-hybridized carbons (Fsp3) is 0. The molecule has 1 aromatic heterocycles. The van der Waals surface area contributed by atoms with Gasteiger partial charge < -0.3 is 10.4 Å². The fourth-order valence-electron chi connectivity index (χ4n) is 1.47. The van der Waals surface area contributed by atoms with E-state index in [0.29, 0.717) is 15.6 Å². The van der Waals surface area contributed by atoms with Gasteiger partial charge in [-0.05, 0) is 23.8 Å². The highest BCUT2D eigenvalue weighted by molar-refractivity contribution is 6.35. The Hall–Kier alpha value is -2.31. The minimum atomic E-state index is -1.16. The summed E-state index contributed by atoms with van der Waals surface area (Å²) in [5.41, 5.74) is 0.513. The largest absolute Gasteiger partial charge is 0.477 e. The number of aromatic amines is 1. The van der Waals surface area contributed by atoms with Crippen molar-refractivity contribution in [3.63, 3.8) is 0 Å². The maximum Gasteiger partial charge on any atom is 0.353 e. The van der Waals surface area contributed by atoms with E-state index in [1.165, 1.54) is 18.2 Å². The predicted molar refractivity (Wildman–Crippen MR) is 79.7 cm³/mol. The van der Waals surface area contributed by atoms with Gasteiger partial charge in [0, 0.05) is 22.2 Å². The van der Waals surface area contributed by atoms with Gasteiger partial charge in [-0.3, -0.25) is 9.89 Å². The Labute approximate surface area is 129 Å². The Morgan fingerprint density at radius 3 is 2.67 bits per heavy atom. The molecule has 0 atom stereocenters. The number of halogens is 2. The second-order valence-corrected chi connectivity index (χ2v) is 4.80. The van der Waals surface area contributed by atoms with Crippen LogP contribution in [0, 0.1) is 0 Å². The van der Waals surface area contributed by atoms with Gasteiger partial charge in [-0.15, -0.1) is 0 Å². The van der Waals surface area contributed by atoms with Crippen molar-refractivity contribution in [3.05, 3.63) is 51.6 Å². The van der Waals surface area contributed by atoms with E-state index >= 15 is 0 Å². The van der Waals surface area contributed by atoms with E-state index < -0.39 is 11.9 Å². The van der Waals surface area contributed by atoms with Crippen LogP contribution in [-0.4, -0.2) is 27.2 Å². The lowest BCUT2D eigenvalue weighted by Crippen LogP contribution is -2.07. The summed E-state index contributed by atoms with van der Waals surface area (Å²) in [4.78, 5) is 22.3. The summed E-state index contributed by atoms with van der Waals surface area (Å²) >= 11 is 11.7. The van der Waals surface area contributed by atoms with Gasteiger partial charge in [-0.25, -0.2) is 4.79 Å². The molecule has 0 radical (unpaired) electrons. The van der Waals surface area contributed by atoms with Crippen LogP contribution in [0.1, 0.15) is 16.1 Å². The summed E-state index contributed by atoms with van der Waals surface area (Å²) in [5.74, 6) is -1.51. The number of carboxylic acid groups (broad SMARTS) is 1. The Balaban J connectivity index is 2.03. The molecule has 8 heteroatoms. The van der Waals surface area contributed by atoms with Crippen molar-refractivity contribution in [1.82, 2.24) is 10.2 Å². The molecule has 2 aromatic rings. The number of nitrogens with zero attached hydrogens (tertiary/aromatic N) is 1. The number of aromatic nitrogens is 2. The lowest BCUT2D eigenvalue weighted by atomic mass is 10.2. The number of nitrogens with one attached hydrogen (secondary N) is 2. The molecule has 1 aromatic carbocycles. The first kappa shape index (κ1) is 15.1. The number of aromatic carboxylic acids is 1. The highest BCUT2D eigenvalue weighted by atomic mass is 35.5. The molecule has 0 saturated heterocycles. The van der Waals surface area contributed by atoms with Gasteiger partial charge in [0.05, 0.1) is 0 Å². The van der Waals surface area contributed by atoms with Gasteiger partial charge in [0.1, 0.15) is 5.69 Å². The molecule has 0 aliphatic heterocycles. The lowest BCUT2D eigenvalue weighted by Gasteiger charge is -1.99. The van der Waals surface area contributed by atoms with E-state index in [1.807, 2.05) is 0 Å². The molecule has 21 heavy (non-hydrogen) atoms. The third-order valence-corrected chi connectivity index (χ3v) is 3.00. The normalized spacial score (nSPS) is 10.8. The second-order valence-electron chi connectivity index (χ2n) is 3.96. The molecule has 0 bridgehead atoms. The molecule has 6 nitrogen and oxygen atoms in total. The molecule has 0 spiro atoms. The highest BCUT2D eigenvalue weighted by Gasteiger charge is 2.08. The van der Waals surface area contributed by atoms with Crippen LogP contribution in [0.5, 0.6) is 0 Å². The van der Waals surface area contributed by atoms with Crippen molar-refractivity contribution >= 4 is 47.0 Å². The van der Waals surface area contributed by atoms with Crippen molar-refractivity contribution in [2.24, 2.45) is 0 Å². The van der Waals surface area contributed by atoms with Gasteiger partial charge in [0.15, 0.2) is 5.82 Å². The van der Waals surface area contributed by atoms with Crippen molar-refractivity contribution in [2.45, 2.75) is 0 Å². The van der Waals surface area contributed by atoms with E-state index in [2.05, 4.69) is 15.5 Å². The summed E-state index contributed by atoms with van der Waals surface area (Å²) in [6, 6.07) is 6.10. The van der Waals surface area contributed by atoms with Crippen LogP contribution in [0.3, 0.4) is 0 Å². The SMILES string of the molecule is O=C(C=Cc1ccc(Cl)cc1Cl)Nc1cc(C(=O)O)[nH]n1. The zero-order valence-corrected chi connectivity index (χ0v) is 11.9. The smallest absolute Gasteiger partial charge is 0.353 e. The topological polar surface area (TPSA) is 95.1 Å². The first-order valence-corrected chi connectivity index (χ1v) is 6.44. The molecule has 1 heterocycles. The molecule has 3 N–H and O–H groups in total. The summed E-state index contributed by atoms with van der Waals surface area (Å²) < 4.78 is 0. The van der Waals surface area contributed by atoms with E-state index in [-0.39, 0.29) is 11.5 Å². The van der Waals surface area contributed by atoms with Gasteiger partial charge in [0.25, 0.3) is 0 Å². The summed E-state index contributed by atoms with van der Waals surface area (Å²) in [6.45, 7) is 0. The number of rotatable bonds is 4. The van der Waals surface area contributed by atoms with Crippen LogP contribution < -0.4 is 5.32 Å². The number of carboxylic acids is 1. The third kappa shape index (κ3) is 4.08. The minimum absolute atomic E-state index is 0.115. The van der Waals surface area contributed by atoms with Crippen LogP contribution in [0.25, 0.3) is 6.08 Å². The standard InChI is InChI=1S/C13H9Cl2N3O3/c14-8-3-1-7(9(15)5-8)2-4-12(19)16-11-6-10(13(20)21)17-18-11/h1-6H,(H,20,21)(H2,16,17,18,19). The van der Waals surface area contributed by atoms with E-state index in [9.17, 15) is 9.59 Å². The second kappa shape index (κ2) is 6.43. The van der Waals surface area contributed by atoms with Gasteiger partial charge in [-0.1, -0.05) is 29.3 Å². The molecule has 108 valence electrons. The highest BCUT2D eigenvalue weighted by Crippen LogP contribution is 2.21. The summed E-state index contributed by atoms with van der Waals surface area (Å²) in [7, 11) is 0. The van der Waals surface area contributed by atoms with Crippen LogP contribution >= 0.6 is 23.2 Å². The third-order valence-electron chi connectivity index (χ3n) is 2.44. The van der Waals surface area contributed by atoms with Crippen LogP contribution in [0.4, 0.5) is 5.82 Å². The Kier molecular flexibility index (Phi) is 4.62. The summed E-state index contributed by atoms with van der Waals surface area (Å²) in [5, 5.41) is 18.0. The number of benzene rings is 1. The maximum atomic E-state index is 11.7. The van der Waals surface area contributed by atoms with Crippen molar-refractivity contribution < 1.29 is 14.7 Å². The van der Waals surface area contributed by atoms with E-state index in [4.69, 9.17) is 28.3 Å². The molecule has 0 saturated carbocycles. The molecule has 0 unspecified atom stereocenters. The van der Waals surface area contributed by atoms with Gasteiger partial charge in [-0.2, -0.15) is 5.10 Å². The zero-order chi connectivity index (χ0) is 15.4. The molecule has 1 amide bonds. The maximum absolute atomic E-state index is 11.7. The average Bonchev–Trinajstić information content (AvgIpc) is 2.86. The lowest BCUT2D eigenvalue weighted by molar-refractivity contribution is -0.111. The van der Waals surface area contributed by atoms with Gasteiger partial charge in [0.2, 0.25) is 5.91 Å². The number of hydrogen-bond donors (Lipinski definition) is 3. The molecule has 0 fully saturated rings. The minimum Gasteiger partial charge on any atom is -0.477 e. The quantitative estimate of drug-likeness (QED) is 0.753. The van der Waals surface area contributed by atoms with Crippen molar-refractivity contribution in [1.29, 1.82) is 0 Å². The van der Waals surface area contributed by atoms with Crippen LogP contribution in [0.2, 0.25) is 10.0 Å².